The van der Waals surface area contributed by atoms with Gasteiger partial charge in [-0.15, -0.1) is 23.4 Å². The molecule has 0 radical (unpaired) electrons. The highest BCUT2D eigenvalue weighted by atomic mass is 35.5. The molecule has 0 unspecified atom stereocenters. The van der Waals surface area contributed by atoms with Crippen LogP contribution in [0.3, 0.4) is 0 Å². The van der Waals surface area contributed by atoms with Gasteiger partial charge in [-0.1, -0.05) is 35.9 Å². The first-order valence-corrected chi connectivity index (χ1v) is 14.5. The van der Waals surface area contributed by atoms with Gasteiger partial charge in [-0.2, -0.15) is 0 Å². The van der Waals surface area contributed by atoms with Crippen molar-refractivity contribution in [1.29, 1.82) is 0 Å². The molecule has 0 aromatic heterocycles. The summed E-state index contributed by atoms with van der Waals surface area (Å²) in [4.78, 5) is 26.9. The Bertz CT molecular complexity index is 1350. The first-order valence-electron chi connectivity index (χ1n) is 12.8. The van der Waals surface area contributed by atoms with Gasteiger partial charge in [0, 0.05) is 46.6 Å². The second-order valence-corrected chi connectivity index (χ2v) is 11.9. The number of hydrogen-bond acceptors (Lipinski definition) is 5. The molecule has 3 aromatic carbocycles. The first-order chi connectivity index (χ1) is 18.3. The molecular formula is C29H29Cl2N3O3S. The Morgan fingerprint density at radius 3 is 2.50 bits per heavy atom. The van der Waals surface area contributed by atoms with Crippen LogP contribution < -0.4 is 5.32 Å². The zero-order valence-electron chi connectivity index (χ0n) is 21.1. The third-order valence-corrected chi connectivity index (χ3v) is 10.0. The summed E-state index contributed by atoms with van der Waals surface area (Å²) in [5.41, 5.74) is 3.85. The van der Waals surface area contributed by atoms with Crippen LogP contribution in [0.15, 0.2) is 71.6 Å². The minimum absolute atomic E-state index is 0.00382. The topological polar surface area (TPSA) is 75.5 Å². The maximum absolute atomic E-state index is 13.2. The summed E-state index contributed by atoms with van der Waals surface area (Å²) in [6, 6.07) is 20.5. The Labute approximate surface area is 236 Å². The molecule has 0 bridgehead atoms. The summed E-state index contributed by atoms with van der Waals surface area (Å²) >= 11 is 14.9. The van der Waals surface area contributed by atoms with Gasteiger partial charge in [0.25, 0.3) is 11.6 Å². The van der Waals surface area contributed by atoms with E-state index in [-0.39, 0.29) is 45.0 Å². The van der Waals surface area contributed by atoms with Crippen molar-refractivity contribution in [2.75, 3.05) is 18.4 Å². The van der Waals surface area contributed by atoms with Gasteiger partial charge in [-0.25, -0.2) is 0 Å². The molecular weight excluding hydrogens is 541 g/mol. The van der Waals surface area contributed by atoms with Crippen molar-refractivity contribution in [3.8, 4) is 0 Å². The summed E-state index contributed by atoms with van der Waals surface area (Å²) in [6.45, 7) is 5.24. The molecule has 5 atom stereocenters. The molecule has 0 saturated heterocycles. The molecule has 38 heavy (non-hydrogen) atoms. The molecule has 198 valence electrons. The highest BCUT2D eigenvalue weighted by molar-refractivity contribution is 8.00. The van der Waals surface area contributed by atoms with Crippen molar-refractivity contribution in [3.63, 3.8) is 0 Å². The molecule has 1 aliphatic carbocycles. The standard InChI is InChI=1S/C29H29Cl2N3O3S/c1-3-33(4-2)29(35)18-11-14-22-20(15-18)26-21(28(32-22)17-9-12-19(30)13-10-17)16-25(27(26)31)38-24-8-6-5-7-23(24)34(36)37/h5-15,21,25-28,32H,3-4,16H2,1-2H3/t21-,25+,26-,27+,28-/m0/s1. The number of benzene rings is 3. The number of para-hydroxylation sites is 1. The second kappa shape index (κ2) is 11.2. The number of alkyl halides is 1. The predicted molar refractivity (Wildman–Crippen MR) is 155 cm³/mol. The fourth-order valence-corrected chi connectivity index (χ4v) is 7.88. The van der Waals surface area contributed by atoms with Crippen molar-refractivity contribution in [3.05, 3.63) is 98.6 Å². The average molecular weight is 571 g/mol. The fourth-order valence-electron chi connectivity index (χ4n) is 5.81. The van der Waals surface area contributed by atoms with Crippen molar-refractivity contribution >= 4 is 52.2 Å². The highest BCUT2D eigenvalue weighted by Crippen LogP contribution is 2.58. The van der Waals surface area contributed by atoms with E-state index in [1.807, 2.05) is 67.3 Å². The summed E-state index contributed by atoms with van der Waals surface area (Å²) < 4.78 is 0. The number of nitro benzene ring substituents is 1. The molecule has 9 heteroatoms. The minimum atomic E-state index is -0.341. The van der Waals surface area contributed by atoms with Crippen LogP contribution in [0, 0.1) is 16.0 Å². The number of anilines is 1. The van der Waals surface area contributed by atoms with E-state index in [9.17, 15) is 14.9 Å². The monoisotopic (exact) mass is 569 g/mol. The molecule has 1 amide bonds. The molecule has 1 heterocycles. The van der Waals surface area contributed by atoms with Gasteiger partial charge in [0.2, 0.25) is 0 Å². The number of fused-ring (bicyclic) bond motifs is 3. The Morgan fingerprint density at radius 1 is 1.11 bits per heavy atom. The molecule has 1 aliphatic heterocycles. The van der Waals surface area contributed by atoms with E-state index >= 15 is 0 Å². The van der Waals surface area contributed by atoms with Crippen LogP contribution in [-0.4, -0.2) is 39.4 Å². The van der Waals surface area contributed by atoms with Gasteiger partial charge in [0.15, 0.2) is 0 Å². The summed E-state index contributed by atoms with van der Waals surface area (Å²) in [6.07, 6.45) is 0.767. The molecule has 5 rings (SSSR count). The van der Waals surface area contributed by atoms with Gasteiger partial charge in [-0.3, -0.25) is 14.9 Å². The predicted octanol–water partition coefficient (Wildman–Crippen LogP) is 7.77. The SMILES string of the molecule is CCN(CC)C(=O)c1ccc2c(c1)[C@@H]1[C@H](Cl)[C@H](Sc3ccccc3[N+](=O)[O-])C[C@@H]1[C@H](c1ccc(Cl)cc1)N2. The van der Waals surface area contributed by atoms with E-state index in [4.69, 9.17) is 23.2 Å². The van der Waals surface area contributed by atoms with E-state index in [0.29, 0.717) is 28.6 Å². The van der Waals surface area contributed by atoms with Crippen LogP contribution in [0.1, 0.15) is 53.7 Å². The highest BCUT2D eigenvalue weighted by Gasteiger charge is 2.50. The maximum atomic E-state index is 13.2. The molecule has 1 N–H and O–H groups in total. The van der Waals surface area contributed by atoms with Crippen LogP contribution >= 0.6 is 35.0 Å². The van der Waals surface area contributed by atoms with Gasteiger partial charge < -0.3 is 10.2 Å². The van der Waals surface area contributed by atoms with E-state index in [2.05, 4.69) is 5.32 Å². The van der Waals surface area contributed by atoms with Crippen LogP contribution in [0.2, 0.25) is 5.02 Å². The number of nitrogens with one attached hydrogen (secondary N) is 1. The minimum Gasteiger partial charge on any atom is -0.378 e. The molecule has 2 aliphatic rings. The number of nitro groups is 1. The molecule has 6 nitrogen and oxygen atoms in total. The lowest BCUT2D eigenvalue weighted by molar-refractivity contribution is -0.387. The average Bonchev–Trinajstić information content (AvgIpc) is 3.25. The zero-order chi connectivity index (χ0) is 27.0. The lowest BCUT2D eigenvalue weighted by Crippen LogP contribution is -2.33. The number of halogens is 2. The number of hydrogen-bond donors (Lipinski definition) is 1. The Kier molecular flexibility index (Phi) is 7.89. The summed E-state index contributed by atoms with van der Waals surface area (Å²) in [5, 5.41) is 15.7. The third kappa shape index (κ3) is 4.99. The van der Waals surface area contributed by atoms with E-state index in [0.717, 1.165) is 23.2 Å². The fraction of sp³-hybridized carbons (Fsp3) is 0.345. The van der Waals surface area contributed by atoms with Crippen LogP contribution in [0.25, 0.3) is 0 Å². The Morgan fingerprint density at radius 2 is 1.82 bits per heavy atom. The van der Waals surface area contributed by atoms with E-state index < -0.39 is 0 Å². The Hall–Kier alpha value is -2.74. The van der Waals surface area contributed by atoms with E-state index in [1.54, 1.807) is 12.1 Å². The summed E-state index contributed by atoms with van der Waals surface area (Å²) in [7, 11) is 0. The van der Waals surface area contributed by atoms with Crippen molar-refractivity contribution in [2.45, 2.75) is 47.8 Å². The number of carbonyl (C=O) groups excluding carboxylic acids is 1. The van der Waals surface area contributed by atoms with Crippen LogP contribution in [-0.2, 0) is 0 Å². The Balaban J connectivity index is 1.55. The molecule has 0 spiro atoms. The van der Waals surface area contributed by atoms with Crippen LogP contribution in [0.4, 0.5) is 11.4 Å². The van der Waals surface area contributed by atoms with Crippen molar-refractivity contribution in [1.82, 2.24) is 4.90 Å². The number of amides is 1. The smallest absolute Gasteiger partial charge is 0.282 e. The zero-order valence-corrected chi connectivity index (χ0v) is 23.5. The van der Waals surface area contributed by atoms with Gasteiger partial charge in [0.1, 0.15) is 0 Å². The van der Waals surface area contributed by atoms with E-state index in [1.165, 1.54) is 17.8 Å². The lowest BCUT2D eigenvalue weighted by Gasteiger charge is -2.38. The van der Waals surface area contributed by atoms with Gasteiger partial charge >= 0.3 is 0 Å². The summed E-state index contributed by atoms with van der Waals surface area (Å²) in [5.74, 6) is 0.104. The van der Waals surface area contributed by atoms with Crippen LogP contribution in [0.5, 0.6) is 0 Å². The van der Waals surface area contributed by atoms with Crippen molar-refractivity contribution in [2.24, 2.45) is 5.92 Å². The largest absolute Gasteiger partial charge is 0.378 e. The number of rotatable bonds is 7. The van der Waals surface area contributed by atoms with Gasteiger partial charge in [-0.05, 0) is 73.7 Å². The molecule has 1 fully saturated rings. The number of nitrogens with zero attached hydrogens (tertiary/aromatic N) is 2. The lowest BCUT2D eigenvalue weighted by atomic mass is 9.77. The normalized spacial score (nSPS) is 23.7. The molecule has 3 aromatic rings. The number of thioether (sulfide) groups is 1. The quantitative estimate of drug-likeness (QED) is 0.178. The number of carbonyl (C=O) groups is 1. The third-order valence-electron chi connectivity index (χ3n) is 7.68. The molecule has 1 saturated carbocycles. The van der Waals surface area contributed by atoms with Crippen molar-refractivity contribution < 1.29 is 9.72 Å². The van der Waals surface area contributed by atoms with Gasteiger partial charge in [0.05, 0.1) is 21.2 Å². The first kappa shape index (κ1) is 26.9. The maximum Gasteiger partial charge on any atom is 0.282 e. The second-order valence-electron chi connectivity index (χ2n) is 9.70.